The van der Waals surface area contributed by atoms with E-state index in [1.165, 1.54) is 81.9 Å². The topological polar surface area (TPSA) is 31.2 Å². The second-order valence-electron chi connectivity index (χ2n) is 15.6. The van der Waals surface area contributed by atoms with Crippen molar-refractivity contribution in [1.82, 2.24) is 4.57 Å². The zero-order valence-electron chi connectivity index (χ0n) is 29.7. The van der Waals surface area contributed by atoms with Gasteiger partial charge in [0.25, 0.3) is 0 Å². The fourth-order valence-corrected chi connectivity index (χ4v) is 10.2. The van der Waals surface area contributed by atoms with Crippen LogP contribution in [0.15, 0.2) is 160 Å². The largest absolute Gasteiger partial charge is 0.456 e. The number of furan rings is 2. The van der Waals surface area contributed by atoms with Crippen molar-refractivity contribution >= 4 is 87.2 Å². The third-order valence-electron chi connectivity index (χ3n) is 12.6. The van der Waals surface area contributed by atoms with Crippen molar-refractivity contribution in [2.75, 3.05) is 0 Å². The van der Waals surface area contributed by atoms with E-state index < -0.39 is 0 Å². The number of aromatic nitrogens is 1. The lowest BCUT2D eigenvalue weighted by molar-refractivity contribution is 0.661. The van der Waals surface area contributed by atoms with Crippen LogP contribution in [-0.2, 0) is 5.41 Å². The van der Waals surface area contributed by atoms with E-state index in [-0.39, 0.29) is 5.41 Å². The minimum atomic E-state index is -0.0951. The number of benzene rings is 9. The molecule has 54 heavy (non-hydrogen) atoms. The Morgan fingerprint density at radius 1 is 0.370 bits per heavy atom. The Morgan fingerprint density at radius 2 is 1.02 bits per heavy atom. The maximum atomic E-state index is 6.66. The molecule has 0 spiro atoms. The summed E-state index contributed by atoms with van der Waals surface area (Å²) in [5, 5.41) is 12.1. The Labute approximate surface area is 309 Å². The first-order chi connectivity index (χ1) is 26.5. The monoisotopic (exact) mass is 689 g/mol. The Bertz CT molecular complexity index is 3590. The van der Waals surface area contributed by atoms with Gasteiger partial charge in [-0.1, -0.05) is 105 Å². The van der Waals surface area contributed by atoms with E-state index in [4.69, 9.17) is 8.83 Å². The van der Waals surface area contributed by atoms with E-state index in [1.807, 2.05) is 0 Å². The van der Waals surface area contributed by atoms with E-state index in [0.29, 0.717) is 0 Å². The average molecular weight is 690 g/mol. The van der Waals surface area contributed by atoms with Gasteiger partial charge in [-0.3, -0.25) is 0 Å². The molecule has 0 atom stereocenters. The van der Waals surface area contributed by atoms with Crippen LogP contribution in [0.25, 0.3) is 115 Å². The molecule has 3 heterocycles. The Kier molecular flexibility index (Phi) is 5.19. The smallest absolute Gasteiger partial charge is 0.136 e. The average Bonchev–Trinajstić information content (AvgIpc) is 3.93. The first-order valence-corrected chi connectivity index (χ1v) is 18.8. The minimum absolute atomic E-state index is 0.0951. The number of nitrogens with zero attached hydrogens (tertiary/aromatic N) is 1. The number of hydrogen-bond donors (Lipinski definition) is 0. The third-order valence-corrected chi connectivity index (χ3v) is 12.6. The number of rotatable bonds is 2. The van der Waals surface area contributed by atoms with Crippen molar-refractivity contribution in [2.45, 2.75) is 19.3 Å². The van der Waals surface area contributed by atoms with Gasteiger partial charge < -0.3 is 13.4 Å². The molecule has 0 saturated heterocycles. The van der Waals surface area contributed by atoms with E-state index in [9.17, 15) is 0 Å². The standard InChI is InChI=1S/C51H31NO2/c1-51(2)39-17-7-5-12-30(39)36-26-37-31-13-6-8-18-41(31)52(42(37)27-40(36)51)28-21-23-43-38(25-28)47-34(16-10-19-44(47)53-43)35-22-24-46-50-48(35)32-14-4-3-11-29(32)33-15-9-20-45(54-46)49(33)50/h3-27H,1-2H3. The normalized spacial score (nSPS) is 13.9. The molecule has 13 rings (SSSR count). The molecule has 0 N–H and O–H groups in total. The molecule has 0 amide bonds. The number of fused-ring (bicyclic) bond motifs is 12. The SMILES string of the molecule is CC1(C)c2ccccc2-c2cc3c4ccccc4n(-c4ccc5oc6cccc(-c7ccc8oc9cccc%10c%11ccccc%11c7c8c9%10)c6c5c4)c3cc21. The summed E-state index contributed by atoms with van der Waals surface area (Å²) in [5.41, 5.74) is 14.8. The quantitative estimate of drug-likeness (QED) is 0.169. The van der Waals surface area contributed by atoms with Crippen LogP contribution in [-0.4, -0.2) is 4.57 Å². The van der Waals surface area contributed by atoms with Crippen molar-refractivity contribution < 1.29 is 8.83 Å². The summed E-state index contributed by atoms with van der Waals surface area (Å²) in [7, 11) is 0. The molecule has 0 saturated carbocycles. The van der Waals surface area contributed by atoms with Crippen LogP contribution in [0.5, 0.6) is 0 Å². The highest BCUT2D eigenvalue weighted by atomic mass is 16.3. The molecule has 252 valence electrons. The van der Waals surface area contributed by atoms with Gasteiger partial charge in [0.15, 0.2) is 0 Å². The lowest BCUT2D eigenvalue weighted by atomic mass is 9.82. The maximum Gasteiger partial charge on any atom is 0.136 e. The summed E-state index contributed by atoms with van der Waals surface area (Å²) in [4.78, 5) is 0. The summed E-state index contributed by atoms with van der Waals surface area (Å²) in [5.74, 6) is 0. The van der Waals surface area contributed by atoms with E-state index >= 15 is 0 Å². The molecule has 1 aliphatic carbocycles. The summed E-state index contributed by atoms with van der Waals surface area (Å²) >= 11 is 0. The Balaban J connectivity index is 1.11. The van der Waals surface area contributed by atoms with Gasteiger partial charge in [-0.25, -0.2) is 0 Å². The Hall–Kier alpha value is -6.84. The van der Waals surface area contributed by atoms with Crippen LogP contribution in [0.1, 0.15) is 25.0 Å². The number of para-hydroxylation sites is 1. The molecule has 0 fully saturated rings. The highest BCUT2D eigenvalue weighted by Crippen LogP contribution is 2.52. The van der Waals surface area contributed by atoms with E-state index in [0.717, 1.165) is 44.4 Å². The molecule has 0 unspecified atom stereocenters. The first kappa shape index (κ1) is 28.7. The molecule has 3 nitrogen and oxygen atoms in total. The van der Waals surface area contributed by atoms with Gasteiger partial charge in [-0.2, -0.15) is 0 Å². The molecule has 3 heteroatoms. The summed E-state index contributed by atoms with van der Waals surface area (Å²) < 4.78 is 15.6. The third kappa shape index (κ3) is 3.43. The lowest BCUT2D eigenvalue weighted by Gasteiger charge is -2.21. The molecule has 1 aliphatic rings. The zero-order valence-corrected chi connectivity index (χ0v) is 29.7. The maximum absolute atomic E-state index is 6.66. The summed E-state index contributed by atoms with van der Waals surface area (Å²) in [6, 6.07) is 55.4. The fraction of sp³-hybridized carbons (Fsp3) is 0.0588. The molecule has 12 aromatic rings. The van der Waals surface area contributed by atoms with Crippen molar-refractivity contribution in [3.8, 4) is 27.9 Å². The van der Waals surface area contributed by atoms with E-state index in [2.05, 4.69) is 170 Å². The van der Waals surface area contributed by atoms with Crippen LogP contribution in [0, 0.1) is 0 Å². The van der Waals surface area contributed by atoms with Crippen molar-refractivity contribution in [3.05, 3.63) is 163 Å². The van der Waals surface area contributed by atoms with Crippen LogP contribution in [0.2, 0.25) is 0 Å². The van der Waals surface area contributed by atoms with Crippen molar-refractivity contribution in [1.29, 1.82) is 0 Å². The molecule has 9 aromatic carbocycles. The van der Waals surface area contributed by atoms with Gasteiger partial charge in [0, 0.05) is 48.8 Å². The second kappa shape index (κ2) is 9.77. The predicted octanol–water partition coefficient (Wildman–Crippen LogP) is 14.3. The van der Waals surface area contributed by atoms with Gasteiger partial charge in [0.1, 0.15) is 22.3 Å². The zero-order chi connectivity index (χ0) is 35.4. The van der Waals surface area contributed by atoms with Crippen LogP contribution in [0.3, 0.4) is 0 Å². The van der Waals surface area contributed by atoms with Crippen LogP contribution in [0.4, 0.5) is 0 Å². The van der Waals surface area contributed by atoms with Crippen LogP contribution >= 0.6 is 0 Å². The molecule has 3 aromatic heterocycles. The highest BCUT2D eigenvalue weighted by molar-refractivity contribution is 6.36. The van der Waals surface area contributed by atoms with Gasteiger partial charge >= 0.3 is 0 Å². The number of hydrogen-bond acceptors (Lipinski definition) is 2. The van der Waals surface area contributed by atoms with Gasteiger partial charge in [0.2, 0.25) is 0 Å². The van der Waals surface area contributed by atoms with Gasteiger partial charge in [-0.15, -0.1) is 0 Å². The van der Waals surface area contributed by atoms with Gasteiger partial charge in [-0.05, 0) is 110 Å². The molecule has 0 aliphatic heterocycles. The first-order valence-electron chi connectivity index (χ1n) is 18.8. The fourth-order valence-electron chi connectivity index (χ4n) is 10.2. The highest BCUT2D eigenvalue weighted by Gasteiger charge is 2.36. The summed E-state index contributed by atoms with van der Waals surface area (Å²) in [6.45, 7) is 4.72. The van der Waals surface area contributed by atoms with E-state index in [1.54, 1.807) is 0 Å². The minimum Gasteiger partial charge on any atom is -0.456 e. The summed E-state index contributed by atoms with van der Waals surface area (Å²) in [6.07, 6.45) is 0. The second-order valence-corrected chi connectivity index (χ2v) is 15.6. The molecule has 0 radical (unpaired) electrons. The van der Waals surface area contributed by atoms with Gasteiger partial charge in [0.05, 0.1) is 11.0 Å². The molecular weight excluding hydrogens is 659 g/mol. The van der Waals surface area contributed by atoms with Crippen molar-refractivity contribution in [2.24, 2.45) is 0 Å². The predicted molar refractivity (Wildman–Crippen MR) is 225 cm³/mol. The molecular formula is C51H31NO2. The Morgan fingerprint density at radius 3 is 1.93 bits per heavy atom. The molecule has 0 bridgehead atoms. The lowest BCUT2D eigenvalue weighted by Crippen LogP contribution is -2.14. The van der Waals surface area contributed by atoms with Crippen LogP contribution < -0.4 is 0 Å². The van der Waals surface area contributed by atoms with Crippen molar-refractivity contribution in [3.63, 3.8) is 0 Å².